The largest absolute Gasteiger partial charge is 0.478 e. The average Bonchev–Trinajstić information content (AvgIpc) is 2.30. The highest BCUT2D eigenvalue weighted by atomic mass is 28.5. The Morgan fingerprint density at radius 2 is 1.15 bits per heavy atom. The molecule has 0 saturated heterocycles. The molecule has 0 amide bonds. The number of hydrogen-bond acceptors (Lipinski definition) is 5. The number of hydrogen-bond donors (Lipinski definition) is 2. The van der Waals surface area contributed by atoms with E-state index in [2.05, 4.69) is 0 Å². The van der Waals surface area contributed by atoms with Crippen LogP contribution in [0.5, 0.6) is 0 Å². The van der Waals surface area contributed by atoms with Crippen LogP contribution in [0.2, 0.25) is 64.5 Å². The predicted octanol–water partition coefficient (Wildman–Crippen LogP) is 4.36. The van der Waals surface area contributed by atoms with Gasteiger partial charge in [-0.2, -0.15) is 0 Å². The Hall–Kier alpha value is -0.572. The van der Waals surface area contributed by atoms with Gasteiger partial charge in [0.05, 0.1) is 11.1 Å². The maximum absolute atomic E-state index is 11.9. The molecule has 7 nitrogen and oxygen atoms in total. The van der Waals surface area contributed by atoms with Crippen LogP contribution in [-0.4, -0.2) is 55.9 Å². The van der Waals surface area contributed by atoms with Gasteiger partial charge in [0.2, 0.25) is 0 Å². The maximum atomic E-state index is 11.9. The van der Waals surface area contributed by atoms with Crippen molar-refractivity contribution >= 4 is 45.7 Å². The molecule has 0 aromatic heterocycles. The summed E-state index contributed by atoms with van der Waals surface area (Å²) in [5.41, 5.74) is -0.956. The van der Waals surface area contributed by atoms with Crippen molar-refractivity contribution in [1.29, 1.82) is 0 Å². The van der Waals surface area contributed by atoms with Crippen molar-refractivity contribution in [3.8, 4) is 0 Å². The lowest BCUT2D eigenvalue weighted by atomic mass is 10.1. The van der Waals surface area contributed by atoms with Crippen LogP contribution in [0.4, 0.5) is 0 Å². The molecule has 0 aliphatic heterocycles. The molecule has 1 unspecified atom stereocenters. The van der Waals surface area contributed by atoms with E-state index in [1.807, 2.05) is 65.8 Å². The van der Waals surface area contributed by atoms with Gasteiger partial charge in [-0.05, 0) is 65.3 Å². The molecule has 0 aromatic rings. The predicted molar refractivity (Wildman–Crippen MR) is 116 cm³/mol. The van der Waals surface area contributed by atoms with Crippen molar-refractivity contribution in [2.45, 2.75) is 77.8 Å². The summed E-state index contributed by atoms with van der Waals surface area (Å²) in [6, 6.07) is 0. The molecule has 1 atom stereocenters. The number of rotatable bonds is 11. The summed E-state index contributed by atoms with van der Waals surface area (Å²) >= 11 is 0. The van der Waals surface area contributed by atoms with Crippen molar-refractivity contribution in [3.05, 3.63) is 11.6 Å². The zero-order valence-electron chi connectivity index (χ0n) is 18.3. The first-order chi connectivity index (χ1) is 11.8. The highest BCUT2D eigenvalue weighted by molar-refractivity contribution is 6.91. The summed E-state index contributed by atoms with van der Waals surface area (Å²) in [6.45, 7) is 19.9. The highest BCUT2D eigenvalue weighted by Gasteiger charge is 2.57. The smallest absolute Gasteiger partial charge is 0.477 e. The molecular weight excluding hydrogens is 417 g/mol. The summed E-state index contributed by atoms with van der Waals surface area (Å²) in [7, 11) is -10.2. The molecule has 0 radical (unpaired) electrons. The standard InChI is InChI=1S/C16H36O7Si4/c1-11-14(13(16(19)20)12-15(17)18)27(21-24(2,3)4,22-25(5,6)7)23-26(8,9)10/h12,14H,11H2,1-10H3,(H,17,18)(H,19,20)/b13-12+. The van der Waals surface area contributed by atoms with E-state index in [1.165, 1.54) is 0 Å². The maximum Gasteiger partial charge on any atom is 0.477 e. The second kappa shape index (κ2) is 9.28. The SMILES string of the molecule is CCC(/C(=C\C(=O)O)C(=O)O)[Si](O[Si](C)(C)C)(O[Si](C)(C)C)O[Si](C)(C)C. The Morgan fingerprint density at radius 1 is 0.815 bits per heavy atom. The molecule has 0 aromatic carbocycles. The molecule has 158 valence electrons. The van der Waals surface area contributed by atoms with Gasteiger partial charge in [-0.25, -0.2) is 9.59 Å². The van der Waals surface area contributed by atoms with Crippen LogP contribution in [0.25, 0.3) is 0 Å². The van der Waals surface area contributed by atoms with E-state index in [4.69, 9.17) is 12.3 Å². The van der Waals surface area contributed by atoms with Gasteiger partial charge in [0.15, 0.2) is 25.0 Å². The molecule has 0 rings (SSSR count). The van der Waals surface area contributed by atoms with Gasteiger partial charge in [0.1, 0.15) is 0 Å². The van der Waals surface area contributed by atoms with Gasteiger partial charge in [0.25, 0.3) is 0 Å². The van der Waals surface area contributed by atoms with E-state index in [-0.39, 0.29) is 5.57 Å². The van der Waals surface area contributed by atoms with E-state index in [0.29, 0.717) is 6.42 Å². The van der Waals surface area contributed by atoms with Gasteiger partial charge in [-0.15, -0.1) is 0 Å². The van der Waals surface area contributed by atoms with Crippen molar-refractivity contribution in [2.75, 3.05) is 0 Å². The van der Waals surface area contributed by atoms with E-state index < -0.39 is 51.2 Å². The topological polar surface area (TPSA) is 102 Å². The third-order valence-corrected chi connectivity index (χ3v) is 15.4. The van der Waals surface area contributed by atoms with Crippen LogP contribution >= 0.6 is 0 Å². The molecule has 2 N–H and O–H groups in total. The second-order valence-electron chi connectivity index (χ2n) is 9.45. The van der Waals surface area contributed by atoms with E-state index in [0.717, 1.165) is 6.08 Å². The Labute approximate surface area is 167 Å². The van der Waals surface area contributed by atoms with Crippen LogP contribution in [0.3, 0.4) is 0 Å². The van der Waals surface area contributed by atoms with Crippen LogP contribution in [0, 0.1) is 0 Å². The molecule has 0 saturated carbocycles. The number of carboxylic acid groups (broad SMARTS) is 2. The van der Waals surface area contributed by atoms with E-state index >= 15 is 0 Å². The summed E-state index contributed by atoms with van der Waals surface area (Å²) in [4.78, 5) is 23.2. The fourth-order valence-electron chi connectivity index (χ4n) is 2.66. The fourth-order valence-corrected chi connectivity index (χ4v) is 17.3. The normalized spacial score (nSPS) is 15.6. The number of aliphatic carboxylic acids is 2. The van der Waals surface area contributed by atoms with Gasteiger partial charge < -0.3 is 22.6 Å². The van der Waals surface area contributed by atoms with Crippen molar-refractivity contribution < 1.29 is 32.1 Å². The summed E-state index contributed by atoms with van der Waals surface area (Å²) in [5, 5.41) is 19.0. The molecule has 27 heavy (non-hydrogen) atoms. The summed E-state index contributed by atoms with van der Waals surface area (Å²) in [5.74, 6) is -2.58. The molecule has 11 heteroatoms. The van der Waals surface area contributed by atoms with Gasteiger partial charge in [0, 0.05) is 6.08 Å². The van der Waals surface area contributed by atoms with Crippen LogP contribution in [-0.2, 0) is 21.9 Å². The zero-order chi connectivity index (χ0) is 21.8. The highest BCUT2D eigenvalue weighted by Crippen LogP contribution is 2.41. The first-order valence-electron chi connectivity index (χ1n) is 9.10. The second-order valence-corrected chi connectivity index (χ2v) is 26.5. The van der Waals surface area contributed by atoms with Crippen molar-refractivity contribution in [3.63, 3.8) is 0 Å². The lowest BCUT2D eigenvalue weighted by molar-refractivity contribution is -0.135. The molecule has 0 spiro atoms. The Bertz CT molecular complexity index is 530. The van der Waals surface area contributed by atoms with Crippen molar-refractivity contribution in [2.24, 2.45) is 0 Å². The molecule has 0 aliphatic carbocycles. The van der Waals surface area contributed by atoms with Crippen LogP contribution in [0.1, 0.15) is 13.3 Å². The molecule has 0 bridgehead atoms. The Morgan fingerprint density at radius 3 is 1.33 bits per heavy atom. The lowest BCUT2D eigenvalue weighted by Gasteiger charge is -2.46. The molecule has 0 fully saturated rings. The Kier molecular flexibility index (Phi) is 9.09. The first-order valence-corrected chi connectivity index (χ1v) is 21.1. The monoisotopic (exact) mass is 452 g/mol. The number of carboxylic acids is 2. The molecular formula is C16H36O7Si4. The van der Waals surface area contributed by atoms with Gasteiger partial charge in [-0.3, -0.25) is 0 Å². The minimum atomic E-state index is -3.55. The first kappa shape index (κ1) is 26.4. The van der Waals surface area contributed by atoms with Gasteiger partial charge >= 0.3 is 20.7 Å². The molecule has 0 heterocycles. The lowest BCUT2D eigenvalue weighted by Crippen LogP contribution is -2.63. The molecule has 0 aliphatic rings. The summed E-state index contributed by atoms with van der Waals surface area (Å²) in [6.07, 6.45) is 1.12. The minimum absolute atomic E-state index is 0.216. The van der Waals surface area contributed by atoms with Crippen molar-refractivity contribution in [1.82, 2.24) is 0 Å². The van der Waals surface area contributed by atoms with Crippen LogP contribution in [0.15, 0.2) is 11.6 Å². The average molecular weight is 453 g/mol. The van der Waals surface area contributed by atoms with Gasteiger partial charge in [-0.1, -0.05) is 6.92 Å². The fraction of sp³-hybridized carbons (Fsp3) is 0.750. The zero-order valence-corrected chi connectivity index (χ0v) is 22.3. The Balaban J connectivity index is 6.76. The number of carbonyl (C=O) groups is 2. The third-order valence-electron chi connectivity index (χ3n) is 3.08. The van der Waals surface area contributed by atoms with E-state index in [1.54, 1.807) is 0 Å². The van der Waals surface area contributed by atoms with Crippen LogP contribution < -0.4 is 0 Å². The minimum Gasteiger partial charge on any atom is -0.478 e. The summed E-state index contributed by atoms with van der Waals surface area (Å²) < 4.78 is 19.6. The third kappa shape index (κ3) is 9.96. The quantitative estimate of drug-likeness (QED) is 0.355. The van der Waals surface area contributed by atoms with E-state index in [9.17, 15) is 19.8 Å².